The second-order valence-corrected chi connectivity index (χ2v) is 4.13. The van der Waals surface area contributed by atoms with Crippen molar-refractivity contribution in [2.75, 3.05) is 7.11 Å². The highest BCUT2D eigenvalue weighted by molar-refractivity contribution is 5.90. The summed E-state index contributed by atoms with van der Waals surface area (Å²) in [6.45, 7) is 0. The van der Waals surface area contributed by atoms with Gasteiger partial charge in [0.05, 0.1) is 18.9 Å². The number of benzene rings is 1. The zero-order valence-electron chi connectivity index (χ0n) is 10.6. The maximum absolute atomic E-state index is 13.9. The number of methoxy groups -OCH3 is 1. The van der Waals surface area contributed by atoms with Crippen molar-refractivity contribution < 1.29 is 13.9 Å². The van der Waals surface area contributed by atoms with Crippen molar-refractivity contribution in [1.29, 1.82) is 0 Å². The lowest BCUT2D eigenvalue weighted by Crippen LogP contribution is -2.04. The summed E-state index contributed by atoms with van der Waals surface area (Å²) in [4.78, 5) is 15.6. The third kappa shape index (κ3) is 1.91. The fraction of sp³-hybridized carbons (Fsp3) is 0.0714. The molecule has 0 bridgehead atoms. The van der Waals surface area contributed by atoms with Crippen LogP contribution in [0.5, 0.6) is 0 Å². The molecule has 2 heterocycles. The second-order valence-electron chi connectivity index (χ2n) is 4.13. The predicted octanol–water partition coefficient (Wildman–Crippen LogP) is 2.32. The normalized spacial score (nSPS) is 10.7. The first-order valence-electron chi connectivity index (χ1n) is 5.87. The molecular formula is C14H10FN3O2. The van der Waals surface area contributed by atoms with Crippen molar-refractivity contribution in [2.24, 2.45) is 0 Å². The summed E-state index contributed by atoms with van der Waals surface area (Å²) in [5, 5.41) is 4.14. The molecule has 0 spiro atoms. The number of nitrogens with zero attached hydrogens (tertiary/aromatic N) is 3. The molecule has 1 aromatic carbocycles. The zero-order chi connectivity index (χ0) is 14.1. The first-order valence-corrected chi connectivity index (χ1v) is 5.87. The summed E-state index contributed by atoms with van der Waals surface area (Å²) in [7, 11) is 1.21. The predicted molar refractivity (Wildman–Crippen MR) is 69.7 cm³/mol. The van der Waals surface area contributed by atoms with Gasteiger partial charge in [-0.25, -0.2) is 18.7 Å². The lowest BCUT2D eigenvalue weighted by atomic mass is 10.1. The van der Waals surface area contributed by atoms with Crippen LogP contribution in [0.4, 0.5) is 4.39 Å². The molecule has 0 aliphatic carbocycles. The van der Waals surface area contributed by atoms with Gasteiger partial charge >= 0.3 is 5.97 Å². The van der Waals surface area contributed by atoms with Gasteiger partial charge in [0.25, 0.3) is 0 Å². The minimum atomic E-state index is -0.702. The average Bonchev–Trinajstić information content (AvgIpc) is 2.90. The van der Waals surface area contributed by atoms with E-state index >= 15 is 0 Å². The molecule has 0 atom stereocenters. The third-order valence-corrected chi connectivity index (χ3v) is 2.96. The number of hydrogen-bond donors (Lipinski definition) is 0. The molecule has 0 unspecified atom stereocenters. The molecule has 0 fully saturated rings. The van der Waals surface area contributed by atoms with E-state index < -0.39 is 11.8 Å². The van der Waals surface area contributed by atoms with E-state index in [2.05, 4.69) is 14.8 Å². The minimum absolute atomic E-state index is 0.0966. The van der Waals surface area contributed by atoms with Gasteiger partial charge in [-0.3, -0.25) is 0 Å². The van der Waals surface area contributed by atoms with Gasteiger partial charge in [-0.05, 0) is 23.8 Å². The third-order valence-electron chi connectivity index (χ3n) is 2.96. The van der Waals surface area contributed by atoms with Crippen LogP contribution in [0, 0.1) is 5.82 Å². The van der Waals surface area contributed by atoms with E-state index in [1.807, 2.05) is 0 Å². The monoisotopic (exact) mass is 271 g/mol. The van der Waals surface area contributed by atoms with Gasteiger partial charge in [-0.15, -0.1) is 0 Å². The standard InChI is InChI=1S/C14H10FN3O2/c1-20-14(19)10-4-3-9(7-12(10)15)11-8-17-18-6-2-5-16-13(11)18/h2-8H,1H3. The molecule has 0 aliphatic rings. The molecule has 0 radical (unpaired) electrons. The Balaban J connectivity index is 2.11. The smallest absolute Gasteiger partial charge is 0.340 e. The van der Waals surface area contributed by atoms with Crippen LogP contribution in [0.15, 0.2) is 42.9 Å². The number of esters is 1. The number of halogens is 1. The number of aromatic nitrogens is 3. The molecule has 0 saturated heterocycles. The van der Waals surface area contributed by atoms with Gasteiger partial charge in [-0.1, -0.05) is 6.07 Å². The number of carbonyl (C=O) groups excluding carboxylic acids is 1. The van der Waals surface area contributed by atoms with E-state index in [0.717, 1.165) is 0 Å². The van der Waals surface area contributed by atoms with Crippen LogP contribution in [-0.2, 0) is 4.74 Å². The molecule has 100 valence electrons. The highest BCUT2D eigenvalue weighted by Gasteiger charge is 2.14. The molecular weight excluding hydrogens is 261 g/mol. The Morgan fingerprint density at radius 1 is 1.40 bits per heavy atom. The Labute approximate surface area is 113 Å². The molecule has 3 rings (SSSR count). The Bertz CT molecular complexity index is 798. The van der Waals surface area contributed by atoms with E-state index in [1.165, 1.54) is 19.2 Å². The lowest BCUT2D eigenvalue weighted by Gasteiger charge is -2.03. The van der Waals surface area contributed by atoms with E-state index in [4.69, 9.17) is 0 Å². The van der Waals surface area contributed by atoms with Gasteiger partial charge < -0.3 is 4.74 Å². The van der Waals surface area contributed by atoms with Crippen molar-refractivity contribution in [3.8, 4) is 11.1 Å². The fourth-order valence-corrected chi connectivity index (χ4v) is 1.99. The van der Waals surface area contributed by atoms with Gasteiger partial charge in [-0.2, -0.15) is 5.10 Å². The summed E-state index contributed by atoms with van der Waals surface area (Å²) in [6.07, 6.45) is 5.00. The van der Waals surface area contributed by atoms with E-state index in [0.29, 0.717) is 16.8 Å². The molecule has 0 amide bonds. The first-order chi connectivity index (χ1) is 9.70. The van der Waals surface area contributed by atoms with Gasteiger partial charge in [0.2, 0.25) is 0 Å². The fourth-order valence-electron chi connectivity index (χ4n) is 1.99. The molecule has 0 N–H and O–H groups in total. The summed E-state index contributed by atoms with van der Waals surface area (Å²) in [5.74, 6) is -1.34. The number of fused-ring (bicyclic) bond motifs is 1. The summed E-state index contributed by atoms with van der Waals surface area (Å²) in [5.41, 5.74) is 1.82. The van der Waals surface area contributed by atoms with Crippen LogP contribution in [0.3, 0.4) is 0 Å². The Kier molecular flexibility index (Phi) is 2.90. The van der Waals surface area contributed by atoms with Crippen molar-refractivity contribution in [3.05, 3.63) is 54.2 Å². The van der Waals surface area contributed by atoms with Crippen LogP contribution < -0.4 is 0 Å². The van der Waals surface area contributed by atoms with Gasteiger partial charge in [0.1, 0.15) is 5.82 Å². The maximum Gasteiger partial charge on any atom is 0.340 e. The molecule has 5 nitrogen and oxygen atoms in total. The number of carbonyl (C=O) groups is 1. The minimum Gasteiger partial charge on any atom is -0.465 e. The molecule has 0 saturated carbocycles. The van der Waals surface area contributed by atoms with Gasteiger partial charge in [0.15, 0.2) is 5.65 Å². The molecule has 0 aliphatic heterocycles. The summed E-state index contributed by atoms with van der Waals surface area (Å²) < 4.78 is 20.0. The van der Waals surface area contributed by atoms with Crippen molar-refractivity contribution >= 4 is 11.6 Å². The Morgan fingerprint density at radius 3 is 3.00 bits per heavy atom. The van der Waals surface area contributed by atoms with E-state index in [9.17, 15) is 9.18 Å². The molecule has 20 heavy (non-hydrogen) atoms. The van der Waals surface area contributed by atoms with E-state index in [-0.39, 0.29) is 5.56 Å². The van der Waals surface area contributed by atoms with Crippen LogP contribution in [-0.4, -0.2) is 27.7 Å². The summed E-state index contributed by atoms with van der Waals surface area (Å²) in [6, 6.07) is 6.06. The quantitative estimate of drug-likeness (QED) is 0.671. The number of hydrogen-bond acceptors (Lipinski definition) is 4. The largest absolute Gasteiger partial charge is 0.465 e. The lowest BCUT2D eigenvalue weighted by molar-refractivity contribution is 0.0595. The van der Waals surface area contributed by atoms with Crippen molar-refractivity contribution in [3.63, 3.8) is 0 Å². The molecule has 6 heteroatoms. The average molecular weight is 271 g/mol. The summed E-state index contributed by atoms with van der Waals surface area (Å²) >= 11 is 0. The number of ether oxygens (including phenoxy) is 1. The second kappa shape index (κ2) is 4.73. The topological polar surface area (TPSA) is 56.5 Å². The van der Waals surface area contributed by atoms with Crippen molar-refractivity contribution in [1.82, 2.24) is 14.6 Å². The molecule has 2 aromatic heterocycles. The van der Waals surface area contributed by atoms with Crippen LogP contribution >= 0.6 is 0 Å². The highest BCUT2D eigenvalue weighted by Crippen LogP contribution is 2.25. The van der Waals surface area contributed by atoms with Crippen LogP contribution in [0.2, 0.25) is 0 Å². The van der Waals surface area contributed by atoms with E-state index in [1.54, 1.807) is 35.2 Å². The van der Waals surface area contributed by atoms with Crippen LogP contribution in [0.1, 0.15) is 10.4 Å². The Hall–Kier alpha value is -2.76. The Morgan fingerprint density at radius 2 is 2.25 bits per heavy atom. The first kappa shape index (κ1) is 12.3. The number of rotatable bonds is 2. The van der Waals surface area contributed by atoms with Crippen molar-refractivity contribution in [2.45, 2.75) is 0 Å². The van der Waals surface area contributed by atoms with Gasteiger partial charge in [0, 0.05) is 18.0 Å². The highest BCUT2D eigenvalue weighted by atomic mass is 19.1. The SMILES string of the molecule is COC(=O)c1ccc(-c2cnn3cccnc23)cc1F. The molecule has 3 aromatic rings. The maximum atomic E-state index is 13.9. The zero-order valence-corrected chi connectivity index (χ0v) is 10.6. The van der Waals surface area contributed by atoms with Crippen LogP contribution in [0.25, 0.3) is 16.8 Å².